The number of fused-ring (bicyclic) bond motifs is 1. The number of anilines is 2. The molecule has 3 rings (SSSR count). The number of benzene rings is 1. The first-order valence-corrected chi connectivity index (χ1v) is 8.25. The van der Waals surface area contributed by atoms with Crippen LogP contribution in [0.5, 0.6) is 0 Å². The van der Waals surface area contributed by atoms with Gasteiger partial charge in [0.1, 0.15) is 18.6 Å². The molecule has 2 aliphatic rings. The third-order valence-corrected chi connectivity index (χ3v) is 4.82. The zero-order valence-corrected chi connectivity index (χ0v) is 14.2. The van der Waals surface area contributed by atoms with Crippen molar-refractivity contribution in [3.63, 3.8) is 0 Å². The molecule has 1 fully saturated rings. The van der Waals surface area contributed by atoms with Crippen LogP contribution < -0.4 is 15.5 Å². The summed E-state index contributed by atoms with van der Waals surface area (Å²) in [6.07, 6.45) is 0.904. The van der Waals surface area contributed by atoms with Crippen molar-refractivity contribution >= 4 is 35.1 Å². The van der Waals surface area contributed by atoms with Crippen molar-refractivity contribution in [1.29, 1.82) is 0 Å². The molecule has 1 aromatic rings. The number of nitrogens with one attached hydrogen (secondary N) is 2. The van der Waals surface area contributed by atoms with E-state index in [0.29, 0.717) is 24.2 Å². The summed E-state index contributed by atoms with van der Waals surface area (Å²) in [4.78, 5) is 51.6. The molecule has 2 N–H and O–H groups in total. The molecule has 1 aromatic carbocycles. The van der Waals surface area contributed by atoms with Crippen molar-refractivity contribution in [3.8, 4) is 0 Å². The van der Waals surface area contributed by atoms with E-state index < -0.39 is 29.9 Å². The molecule has 132 valence electrons. The van der Waals surface area contributed by atoms with Crippen LogP contribution in [0.25, 0.3) is 0 Å². The maximum Gasteiger partial charge on any atom is 0.325 e. The van der Waals surface area contributed by atoms with Gasteiger partial charge >= 0.3 is 6.03 Å². The van der Waals surface area contributed by atoms with Crippen LogP contribution in [-0.4, -0.2) is 47.3 Å². The second-order valence-electron chi connectivity index (χ2n) is 6.16. The average molecular weight is 344 g/mol. The lowest BCUT2D eigenvalue weighted by molar-refractivity contribution is -0.134. The number of amides is 5. The molecule has 0 aliphatic carbocycles. The number of urea groups is 1. The lowest BCUT2D eigenvalue weighted by Gasteiger charge is -2.30. The minimum Gasteiger partial charge on any atom is -0.323 e. The van der Waals surface area contributed by atoms with Crippen LogP contribution in [0.1, 0.15) is 26.7 Å². The van der Waals surface area contributed by atoms with Crippen molar-refractivity contribution < 1.29 is 19.2 Å². The van der Waals surface area contributed by atoms with Gasteiger partial charge in [-0.3, -0.25) is 24.2 Å². The van der Waals surface area contributed by atoms with Gasteiger partial charge in [-0.25, -0.2) is 4.79 Å². The number of imide groups is 1. The number of hydrogen-bond donors (Lipinski definition) is 2. The van der Waals surface area contributed by atoms with Gasteiger partial charge in [-0.05, 0) is 25.0 Å². The molecule has 0 unspecified atom stereocenters. The zero-order valence-electron chi connectivity index (χ0n) is 14.2. The summed E-state index contributed by atoms with van der Waals surface area (Å²) in [6, 6.07) is 6.34. The predicted octanol–water partition coefficient (Wildman–Crippen LogP) is 1.08. The highest BCUT2D eigenvalue weighted by Gasteiger charge is 2.49. The second-order valence-corrected chi connectivity index (χ2v) is 6.16. The number of hydrogen-bond acceptors (Lipinski definition) is 4. The first-order valence-electron chi connectivity index (χ1n) is 8.25. The van der Waals surface area contributed by atoms with E-state index in [4.69, 9.17) is 0 Å². The maximum atomic E-state index is 12.7. The summed E-state index contributed by atoms with van der Waals surface area (Å²) in [5.74, 6) is -1.19. The second kappa shape index (κ2) is 6.19. The highest BCUT2D eigenvalue weighted by Crippen LogP contribution is 2.30. The lowest BCUT2D eigenvalue weighted by Crippen LogP contribution is -2.49. The van der Waals surface area contributed by atoms with Crippen molar-refractivity contribution in [2.45, 2.75) is 32.2 Å². The van der Waals surface area contributed by atoms with Gasteiger partial charge in [-0.1, -0.05) is 26.0 Å². The fraction of sp³-hybridized carbons (Fsp3) is 0.412. The zero-order chi connectivity index (χ0) is 18.2. The molecule has 0 atom stereocenters. The highest BCUT2D eigenvalue weighted by atomic mass is 16.2. The van der Waals surface area contributed by atoms with Gasteiger partial charge in [0.2, 0.25) is 11.8 Å². The maximum absolute atomic E-state index is 12.7. The molecule has 1 saturated heterocycles. The molecular weight excluding hydrogens is 324 g/mol. The van der Waals surface area contributed by atoms with E-state index in [9.17, 15) is 19.2 Å². The Bertz CT molecular complexity index is 757. The summed E-state index contributed by atoms with van der Waals surface area (Å²) in [5.41, 5.74) is 0.131. The lowest BCUT2D eigenvalue weighted by atomic mass is 9.93. The van der Waals surface area contributed by atoms with Crippen LogP contribution in [0, 0.1) is 0 Å². The van der Waals surface area contributed by atoms with Crippen LogP contribution >= 0.6 is 0 Å². The standard InChI is InChI=1S/C17H20N4O4/c1-3-17(4-2)15(24)21(16(25)19-17)10-14(23)20-9-13(22)18-11-7-5-6-8-12(11)20/h5-8H,3-4,9-10H2,1-2H3,(H,18,22)(H,19,25). The smallest absolute Gasteiger partial charge is 0.323 e. The Labute approximate surface area is 145 Å². The minimum absolute atomic E-state index is 0.147. The number of carbonyl (C=O) groups is 4. The van der Waals surface area contributed by atoms with Crippen molar-refractivity contribution in [3.05, 3.63) is 24.3 Å². The third-order valence-electron chi connectivity index (χ3n) is 4.82. The van der Waals surface area contributed by atoms with E-state index in [2.05, 4.69) is 10.6 Å². The number of para-hydroxylation sites is 2. The molecule has 0 spiro atoms. The van der Waals surface area contributed by atoms with E-state index in [1.807, 2.05) is 13.8 Å². The van der Waals surface area contributed by atoms with Crippen LogP contribution in [0.4, 0.5) is 16.2 Å². The monoisotopic (exact) mass is 344 g/mol. The van der Waals surface area contributed by atoms with E-state index in [1.165, 1.54) is 4.90 Å². The Hall–Kier alpha value is -2.90. The Morgan fingerprint density at radius 1 is 1.16 bits per heavy atom. The molecule has 8 nitrogen and oxygen atoms in total. The summed E-state index contributed by atoms with van der Waals surface area (Å²) in [7, 11) is 0. The van der Waals surface area contributed by atoms with Gasteiger partial charge in [0, 0.05) is 0 Å². The van der Waals surface area contributed by atoms with E-state index in [1.54, 1.807) is 24.3 Å². The van der Waals surface area contributed by atoms with Crippen LogP contribution in [0.3, 0.4) is 0 Å². The Kier molecular flexibility index (Phi) is 4.20. The first-order chi connectivity index (χ1) is 11.9. The highest BCUT2D eigenvalue weighted by molar-refractivity contribution is 6.14. The van der Waals surface area contributed by atoms with E-state index in [0.717, 1.165) is 4.90 Å². The van der Waals surface area contributed by atoms with Gasteiger partial charge in [-0.2, -0.15) is 0 Å². The van der Waals surface area contributed by atoms with E-state index >= 15 is 0 Å². The van der Waals surface area contributed by atoms with E-state index in [-0.39, 0.29) is 12.5 Å². The quantitative estimate of drug-likeness (QED) is 0.799. The fourth-order valence-corrected chi connectivity index (χ4v) is 3.23. The molecule has 0 radical (unpaired) electrons. The first kappa shape index (κ1) is 16.9. The summed E-state index contributed by atoms with van der Waals surface area (Å²) < 4.78 is 0. The van der Waals surface area contributed by atoms with Crippen LogP contribution in [0.15, 0.2) is 24.3 Å². The third kappa shape index (κ3) is 2.73. The number of nitrogens with zero attached hydrogens (tertiary/aromatic N) is 2. The summed E-state index contributed by atoms with van der Waals surface area (Å²) >= 11 is 0. The van der Waals surface area contributed by atoms with Crippen molar-refractivity contribution in [2.24, 2.45) is 0 Å². The molecule has 0 aromatic heterocycles. The fourth-order valence-electron chi connectivity index (χ4n) is 3.23. The van der Waals surface area contributed by atoms with Crippen LogP contribution in [-0.2, 0) is 14.4 Å². The van der Waals surface area contributed by atoms with Crippen molar-refractivity contribution in [1.82, 2.24) is 10.2 Å². The molecule has 25 heavy (non-hydrogen) atoms. The van der Waals surface area contributed by atoms with Gasteiger partial charge in [-0.15, -0.1) is 0 Å². The van der Waals surface area contributed by atoms with Gasteiger partial charge < -0.3 is 10.6 Å². The topological polar surface area (TPSA) is 98.8 Å². The van der Waals surface area contributed by atoms with Gasteiger partial charge in [0.15, 0.2) is 0 Å². The van der Waals surface area contributed by atoms with Crippen molar-refractivity contribution in [2.75, 3.05) is 23.3 Å². The Morgan fingerprint density at radius 2 is 1.84 bits per heavy atom. The molecule has 2 aliphatic heterocycles. The number of rotatable bonds is 4. The average Bonchev–Trinajstić information content (AvgIpc) is 2.85. The Balaban J connectivity index is 1.83. The largest absolute Gasteiger partial charge is 0.325 e. The molecule has 0 saturated carbocycles. The SMILES string of the molecule is CCC1(CC)NC(=O)N(CC(=O)N2CC(=O)Nc3ccccc32)C1=O. The minimum atomic E-state index is -0.950. The summed E-state index contributed by atoms with van der Waals surface area (Å²) in [6.45, 7) is 3.09. The molecule has 5 amide bonds. The molecule has 8 heteroatoms. The number of carbonyl (C=O) groups excluding carboxylic acids is 4. The molecule has 0 bridgehead atoms. The normalized spacial score (nSPS) is 18.7. The Morgan fingerprint density at radius 3 is 2.48 bits per heavy atom. The van der Waals surface area contributed by atoms with Gasteiger partial charge in [0.25, 0.3) is 5.91 Å². The van der Waals surface area contributed by atoms with Gasteiger partial charge in [0.05, 0.1) is 11.4 Å². The predicted molar refractivity (Wildman–Crippen MR) is 91.0 cm³/mol. The molecule has 2 heterocycles. The molecular formula is C17H20N4O4. The summed E-state index contributed by atoms with van der Waals surface area (Å²) in [5, 5.41) is 5.38. The van der Waals surface area contributed by atoms with Crippen LogP contribution in [0.2, 0.25) is 0 Å².